The number of benzene rings is 2. The van der Waals surface area contributed by atoms with Crippen LogP contribution in [0.3, 0.4) is 0 Å². The van der Waals surface area contributed by atoms with Crippen molar-refractivity contribution in [3.63, 3.8) is 0 Å². The molecule has 4 N–H and O–H groups in total. The Morgan fingerprint density at radius 3 is 2.32 bits per heavy atom. The molecule has 0 unspecified atom stereocenters. The molecule has 0 aromatic heterocycles. The fourth-order valence-corrected chi connectivity index (χ4v) is 3.50. The standard InChI is InChI=1S/C22H23ClFNO6/c1-22(8-9-26,21(30)31)12-16(25-19(27)20(28)29)10-13-2-4-14(5-3-13)17-11-15(23)6-7-18(17)24/h2-7,11,16,26H,8-10,12H2,1H3,(H,25,27)(H,28,29)(H,30,31)/t16-,22-/m1/s1. The molecule has 2 atom stereocenters. The van der Waals surface area contributed by atoms with Crippen LogP contribution in [0.4, 0.5) is 4.39 Å². The first-order valence-electron chi connectivity index (χ1n) is 9.48. The number of aliphatic carboxylic acids is 2. The number of hydrogen-bond acceptors (Lipinski definition) is 4. The molecule has 0 bridgehead atoms. The first kappa shape index (κ1) is 24.3. The van der Waals surface area contributed by atoms with Crippen molar-refractivity contribution in [1.82, 2.24) is 5.32 Å². The predicted molar refractivity (Wildman–Crippen MR) is 112 cm³/mol. The van der Waals surface area contributed by atoms with E-state index >= 15 is 0 Å². The Bertz CT molecular complexity index is 965. The lowest BCUT2D eigenvalue weighted by atomic mass is 9.79. The van der Waals surface area contributed by atoms with Crippen molar-refractivity contribution in [3.8, 4) is 11.1 Å². The fraction of sp³-hybridized carbons (Fsp3) is 0.318. The number of carboxylic acid groups (broad SMARTS) is 2. The SMILES string of the molecule is C[C@@](CCO)(C[C@@H](Cc1ccc(-c2cc(Cl)ccc2F)cc1)NC(=O)C(=O)O)C(=O)O. The number of rotatable bonds is 9. The van der Waals surface area contributed by atoms with Crippen molar-refractivity contribution >= 4 is 29.4 Å². The summed E-state index contributed by atoms with van der Waals surface area (Å²) in [4.78, 5) is 34.4. The lowest BCUT2D eigenvalue weighted by molar-refractivity contribution is -0.152. The summed E-state index contributed by atoms with van der Waals surface area (Å²) in [6.07, 6.45) is -0.00698. The van der Waals surface area contributed by atoms with E-state index in [0.29, 0.717) is 21.7 Å². The van der Waals surface area contributed by atoms with Crippen molar-refractivity contribution in [1.29, 1.82) is 0 Å². The zero-order valence-corrected chi connectivity index (χ0v) is 17.5. The molecule has 0 fully saturated rings. The summed E-state index contributed by atoms with van der Waals surface area (Å²) in [7, 11) is 0. The largest absolute Gasteiger partial charge is 0.481 e. The maximum absolute atomic E-state index is 14.1. The Morgan fingerprint density at radius 1 is 1.13 bits per heavy atom. The summed E-state index contributed by atoms with van der Waals surface area (Å²) in [6, 6.07) is 10.1. The van der Waals surface area contributed by atoms with E-state index in [-0.39, 0.29) is 25.9 Å². The third-order valence-electron chi connectivity index (χ3n) is 5.08. The molecule has 0 heterocycles. The third kappa shape index (κ3) is 6.50. The van der Waals surface area contributed by atoms with Crippen LogP contribution in [0, 0.1) is 11.2 Å². The van der Waals surface area contributed by atoms with Gasteiger partial charge in [0.1, 0.15) is 5.82 Å². The van der Waals surface area contributed by atoms with Crippen molar-refractivity contribution in [2.45, 2.75) is 32.2 Å². The smallest absolute Gasteiger partial charge is 0.394 e. The molecule has 0 radical (unpaired) electrons. The molecule has 2 rings (SSSR count). The molecule has 0 spiro atoms. The average Bonchev–Trinajstić information content (AvgIpc) is 2.70. The summed E-state index contributed by atoms with van der Waals surface area (Å²) in [5.41, 5.74) is 0.204. The van der Waals surface area contributed by atoms with E-state index in [9.17, 15) is 29.0 Å². The molecule has 0 aliphatic carbocycles. The van der Waals surface area contributed by atoms with Crippen LogP contribution in [-0.4, -0.2) is 45.8 Å². The Labute approximate surface area is 183 Å². The molecule has 2 aromatic carbocycles. The van der Waals surface area contributed by atoms with Gasteiger partial charge in [-0.2, -0.15) is 0 Å². The number of carbonyl (C=O) groups is 3. The number of amides is 1. The predicted octanol–water partition coefficient (Wildman–Crippen LogP) is 3.12. The van der Waals surface area contributed by atoms with Crippen LogP contribution < -0.4 is 5.32 Å². The molecule has 0 aliphatic heterocycles. The van der Waals surface area contributed by atoms with Gasteiger partial charge in [0.25, 0.3) is 0 Å². The Hall–Kier alpha value is -2.97. The second-order valence-corrected chi connectivity index (χ2v) is 7.98. The van der Waals surface area contributed by atoms with E-state index in [0.717, 1.165) is 0 Å². The van der Waals surface area contributed by atoms with Crippen LogP contribution in [0.1, 0.15) is 25.3 Å². The summed E-state index contributed by atoms with van der Waals surface area (Å²) in [6.45, 7) is 1.05. The highest BCUT2D eigenvalue weighted by Gasteiger charge is 2.36. The average molecular weight is 452 g/mol. The van der Waals surface area contributed by atoms with Gasteiger partial charge in [0.05, 0.1) is 5.41 Å². The number of carboxylic acids is 2. The van der Waals surface area contributed by atoms with Crippen LogP contribution in [0.15, 0.2) is 42.5 Å². The lowest BCUT2D eigenvalue weighted by Crippen LogP contribution is -2.45. The Kier molecular flexibility index (Phi) is 8.13. The van der Waals surface area contributed by atoms with Gasteiger partial charge < -0.3 is 20.6 Å². The van der Waals surface area contributed by atoms with Crippen LogP contribution in [0.5, 0.6) is 0 Å². The van der Waals surface area contributed by atoms with E-state index in [1.54, 1.807) is 24.3 Å². The highest BCUT2D eigenvalue weighted by molar-refractivity contribution is 6.31. The maximum Gasteiger partial charge on any atom is 0.394 e. The molecule has 31 heavy (non-hydrogen) atoms. The molecular weight excluding hydrogens is 429 g/mol. The molecule has 9 heteroatoms. The monoisotopic (exact) mass is 451 g/mol. The fourth-order valence-electron chi connectivity index (χ4n) is 3.33. The van der Waals surface area contributed by atoms with Gasteiger partial charge >= 0.3 is 17.8 Å². The van der Waals surface area contributed by atoms with Gasteiger partial charge in [0, 0.05) is 23.2 Å². The quantitative estimate of drug-likeness (QED) is 0.434. The summed E-state index contributed by atoms with van der Waals surface area (Å²) < 4.78 is 14.1. The van der Waals surface area contributed by atoms with Crippen LogP contribution in [0.25, 0.3) is 11.1 Å². The van der Waals surface area contributed by atoms with Crippen molar-refractivity contribution in [3.05, 3.63) is 58.9 Å². The summed E-state index contributed by atoms with van der Waals surface area (Å²) >= 11 is 5.93. The van der Waals surface area contributed by atoms with E-state index in [1.165, 1.54) is 25.1 Å². The molecule has 166 valence electrons. The number of aliphatic hydroxyl groups is 1. The van der Waals surface area contributed by atoms with Gasteiger partial charge in [-0.1, -0.05) is 35.9 Å². The van der Waals surface area contributed by atoms with Gasteiger partial charge in [0.15, 0.2) is 0 Å². The molecule has 2 aromatic rings. The minimum atomic E-state index is -1.68. The van der Waals surface area contributed by atoms with E-state index < -0.39 is 35.1 Å². The number of nitrogens with one attached hydrogen (secondary N) is 1. The molecule has 1 amide bonds. The zero-order chi connectivity index (χ0) is 23.2. The van der Waals surface area contributed by atoms with Gasteiger partial charge in [-0.05, 0) is 55.5 Å². The molecular formula is C22H23ClFNO6. The Balaban J connectivity index is 2.27. The minimum absolute atomic E-state index is 0.0608. The first-order valence-corrected chi connectivity index (χ1v) is 9.86. The molecule has 0 saturated heterocycles. The highest BCUT2D eigenvalue weighted by atomic mass is 35.5. The summed E-state index contributed by atoms with van der Waals surface area (Å²) in [5.74, 6) is -4.54. The van der Waals surface area contributed by atoms with Gasteiger partial charge in [-0.25, -0.2) is 9.18 Å². The number of aliphatic hydroxyl groups excluding tert-OH is 1. The molecule has 0 saturated carbocycles. The highest BCUT2D eigenvalue weighted by Crippen LogP contribution is 2.30. The third-order valence-corrected chi connectivity index (χ3v) is 5.32. The van der Waals surface area contributed by atoms with Crippen molar-refractivity contribution in [2.24, 2.45) is 5.41 Å². The van der Waals surface area contributed by atoms with E-state index in [4.69, 9.17) is 16.7 Å². The Morgan fingerprint density at radius 2 is 1.77 bits per heavy atom. The second kappa shape index (κ2) is 10.4. The van der Waals surface area contributed by atoms with Gasteiger partial charge in [-0.3, -0.25) is 9.59 Å². The van der Waals surface area contributed by atoms with E-state index in [2.05, 4.69) is 5.32 Å². The minimum Gasteiger partial charge on any atom is -0.481 e. The van der Waals surface area contributed by atoms with Crippen LogP contribution >= 0.6 is 11.6 Å². The van der Waals surface area contributed by atoms with Gasteiger partial charge in [-0.15, -0.1) is 0 Å². The zero-order valence-electron chi connectivity index (χ0n) is 16.8. The normalized spacial score (nSPS) is 13.8. The summed E-state index contributed by atoms with van der Waals surface area (Å²) in [5, 5.41) is 30.4. The number of halogens is 2. The second-order valence-electron chi connectivity index (χ2n) is 7.54. The first-order chi connectivity index (χ1) is 14.6. The van der Waals surface area contributed by atoms with E-state index in [1.807, 2.05) is 0 Å². The lowest BCUT2D eigenvalue weighted by Gasteiger charge is -2.29. The van der Waals surface area contributed by atoms with Gasteiger partial charge in [0.2, 0.25) is 0 Å². The van der Waals surface area contributed by atoms with Crippen molar-refractivity contribution in [2.75, 3.05) is 6.61 Å². The topological polar surface area (TPSA) is 124 Å². The maximum atomic E-state index is 14.1. The number of carbonyl (C=O) groups excluding carboxylic acids is 1. The van der Waals surface area contributed by atoms with Crippen molar-refractivity contribution < 1.29 is 34.1 Å². The van der Waals surface area contributed by atoms with Crippen LogP contribution in [-0.2, 0) is 20.8 Å². The molecule has 7 nitrogen and oxygen atoms in total. The molecule has 0 aliphatic rings. The van der Waals surface area contributed by atoms with Crippen LogP contribution in [0.2, 0.25) is 5.02 Å². The number of hydrogen-bond donors (Lipinski definition) is 4.